The van der Waals surface area contributed by atoms with E-state index in [1.54, 1.807) is 0 Å². The van der Waals surface area contributed by atoms with Crippen LogP contribution in [0.25, 0.3) is 0 Å². The Morgan fingerprint density at radius 2 is 2.39 bits per heavy atom. The molecular weight excluding hydrogens is 306 g/mol. The Morgan fingerprint density at radius 1 is 1.67 bits per heavy atom. The van der Waals surface area contributed by atoms with E-state index in [2.05, 4.69) is 27.8 Å². The highest BCUT2D eigenvalue weighted by Crippen LogP contribution is 2.13. The third-order valence-corrected chi connectivity index (χ3v) is 2.37. The first-order valence-corrected chi connectivity index (χ1v) is 5.80. The predicted molar refractivity (Wildman–Crippen MR) is 66.3 cm³/mol. The van der Waals surface area contributed by atoms with Gasteiger partial charge < -0.3 is 19.6 Å². The first kappa shape index (κ1) is 14.5. The number of hydrogen-bond donors (Lipinski definition) is 2. The van der Waals surface area contributed by atoms with E-state index in [1.165, 1.54) is 18.4 Å². The van der Waals surface area contributed by atoms with Crippen LogP contribution in [0.5, 0.6) is 0 Å². The Labute approximate surface area is 112 Å². The first-order chi connectivity index (χ1) is 8.54. The third kappa shape index (κ3) is 4.34. The number of hydrogen-bond acceptors (Lipinski definition) is 4. The highest BCUT2D eigenvalue weighted by molar-refractivity contribution is 9.10. The quantitative estimate of drug-likeness (QED) is 0.586. The van der Waals surface area contributed by atoms with Crippen molar-refractivity contribution in [1.29, 1.82) is 0 Å². The Morgan fingerprint density at radius 3 is 2.89 bits per heavy atom. The van der Waals surface area contributed by atoms with E-state index in [4.69, 9.17) is 14.3 Å². The van der Waals surface area contributed by atoms with Crippen LogP contribution in [0.15, 0.2) is 34.1 Å². The van der Waals surface area contributed by atoms with Crippen LogP contribution in [-0.4, -0.2) is 36.2 Å². The Bertz CT molecular complexity index is 442. The van der Waals surface area contributed by atoms with Gasteiger partial charge in [0.1, 0.15) is 6.26 Å². The number of aliphatic carboxylic acids is 1. The largest absolute Gasteiger partial charge is 0.480 e. The summed E-state index contributed by atoms with van der Waals surface area (Å²) in [7, 11) is 0. The number of carboxylic acids is 1. The molecule has 6 nitrogen and oxygen atoms in total. The van der Waals surface area contributed by atoms with Crippen molar-refractivity contribution in [2.75, 3.05) is 13.2 Å². The van der Waals surface area contributed by atoms with Crippen LogP contribution in [0, 0.1) is 0 Å². The molecule has 1 heterocycles. The van der Waals surface area contributed by atoms with Crippen LogP contribution in [0.3, 0.4) is 0 Å². The number of carbonyl (C=O) groups excluding carboxylic acids is 1. The van der Waals surface area contributed by atoms with Crippen molar-refractivity contribution in [2.24, 2.45) is 0 Å². The fourth-order valence-electron chi connectivity index (χ4n) is 1.11. The normalized spacial score (nSPS) is 11.8. The van der Waals surface area contributed by atoms with Gasteiger partial charge in [-0.05, 0) is 15.9 Å². The lowest BCUT2D eigenvalue weighted by Crippen LogP contribution is -2.43. The van der Waals surface area contributed by atoms with E-state index < -0.39 is 17.9 Å². The molecule has 0 bridgehead atoms. The summed E-state index contributed by atoms with van der Waals surface area (Å²) in [5.74, 6) is -1.71. The van der Waals surface area contributed by atoms with Crippen LogP contribution in [0.4, 0.5) is 0 Å². The number of nitrogens with one attached hydrogen (secondary N) is 1. The van der Waals surface area contributed by atoms with E-state index in [-0.39, 0.29) is 18.8 Å². The fourth-order valence-corrected chi connectivity index (χ4v) is 1.45. The van der Waals surface area contributed by atoms with Crippen molar-refractivity contribution in [2.45, 2.75) is 6.04 Å². The summed E-state index contributed by atoms with van der Waals surface area (Å²) < 4.78 is 10.3. The molecule has 0 aromatic carbocycles. The maximum Gasteiger partial charge on any atom is 0.328 e. The van der Waals surface area contributed by atoms with Gasteiger partial charge in [-0.15, -0.1) is 6.58 Å². The highest BCUT2D eigenvalue weighted by Gasteiger charge is 2.21. The van der Waals surface area contributed by atoms with Crippen molar-refractivity contribution in [3.63, 3.8) is 0 Å². The monoisotopic (exact) mass is 317 g/mol. The van der Waals surface area contributed by atoms with Gasteiger partial charge in [0.25, 0.3) is 5.91 Å². The fraction of sp³-hybridized carbons (Fsp3) is 0.273. The molecule has 0 saturated heterocycles. The zero-order chi connectivity index (χ0) is 13.5. The molecule has 1 rings (SSSR count). The van der Waals surface area contributed by atoms with Gasteiger partial charge in [0.2, 0.25) is 0 Å². The maximum absolute atomic E-state index is 11.7. The van der Waals surface area contributed by atoms with Crippen molar-refractivity contribution in [3.05, 3.63) is 35.2 Å². The van der Waals surface area contributed by atoms with Crippen LogP contribution in [0.2, 0.25) is 0 Å². The molecule has 1 atom stereocenters. The number of halogens is 1. The molecular formula is C11H12BrNO5. The second-order valence-electron chi connectivity index (χ2n) is 3.33. The smallest absolute Gasteiger partial charge is 0.328 e. The molecule has 18 heavy (non-hydrogen) atoms. The molecule has 1 aromatic rings. The van der Waals surface area contributed by atoms with Crippen LogP contribution in [-0.2, 0) is 9.53 Å². The van der Waals surface area contributed by atoms with Gasteiger partial charge in [0.05, 0.1) is 18.8 Å². The van der Waals surface area contributed by atoms with Gasteiger partial charge in [0, 0.05) is 6.07 Å². The number of carbonyl (C=O) groups is 2. The third-order valence-electron chi connectivity index (χ3n) is 1.95. The number of carboxylic acid groups (broad SMARTS) is 1. The Kier molecular flexibility index (Phi) is 5.60. The molecule has 0 aliphatic heterocycles. The molecule has 0 saturated carbocycles. The molecule has 1 unspecified atom stereocenters. The average molecular weight is 318 g/mol. The van der Waals surface area contributed by atoms with Gasteiger partial charge in [0.15, 0.2) is 10.7 Å². The lowest BCUT2D eigenvalue weighted by molar-refractivity contribution is -0.140. The molecule has 2 N–H and O–H groups in total. The van der Waals surface area contributed by atoms with Crippen molar-refractivity contribution >= 4 is 27.8 Å². The average Bonchev–Trinajstić information content (AvgIpc) is 2.74. The van der Waals surface area contributed by atoms with E-state index in [0.29, 0.717) is 4.67 Å². The summed E-state index contributed by atoms with van der Waals surface area (Å²) in [6.07, 6.45) is 2.72. The van der Waals surface area contributed by atoms with E-state index >= 15 is 0 Å². The number of furan rings is 1. The number of ether oxygens (including phenoxy) is 1. The molecule has 98 valence electrons. The van der Waals surface area contributed by atoms with Gasteiger partial charge in [-0.2, -0.15) is 0 Å². The molecule has 0 fully saturated rings. The van der Waals surface area contributed by atoms with Crippen LogP contribution >= 0.6 is 15.9 Å². The van der Waals surface area contributed by atoms with Gasteiger partial charge in [-0.25, -0.2) is 4.79 Å². The summed E-state index contributed by atoms with van der Waals surface area (Å²) in [5.41, 5.74) is 0.233. The minimum atomic E-state index is -1.17. The predicted octanol–water partition coefficient (Wildman–Crippen LogP) is 1.43. The zero-order valence-electron chi connectivity index (χ0n) is 9.39. The number of rotatable bonds is 7. The van der Waals surface area contributed by atoms with E-state index in [1.807, 2.05) is 0 Å². The Hall–Kier alpha value is -1.60. The van der Waals surface area contributed by atoms with Crippen molar-refractivity contribution < 1.29 is 23.8 Å². The van der Waals surface area contributed by atoms with Crippen molar-refractivity contribution in [1.82, 2.24) is 5.32 Å². The molecule has 0 aliphatic carbocycles. The topological polar surface area (TPSA) is 88.8 Å². The molecule has 1 amide bonds. The second-order valence-corrected chi connectivity index (χ2v) is 4.11. The van der Waals surface area contributed by atoms with Gasteiger partial charge >= 0.3 is 5.97 Å². The summed E-state index contributed by atoms with van der Waals surface area (Å²) in [5, 5.41) is 11.2. The molecule has 1 aromatic heterocycles. The summed E-state index contributed by atoms with van der Waals surface area (Å²) in [6, 6.07) is 0.324. The molecule has 0 spiro atoms. The number of amides is 1. The minimum absolute atomic E-state index is 0.133. The first-order valence-electron chi connectivity index (χ1n) is 5.01. The zero-order valence-corrected chi connectivity index (χ0v) is 11.0. The van der Waals surface area contributed by atoms with E-state index in [9.17, 15) is 9.59 Å². The summed E-state index contributed by atoms with van der Waals surface area (Å²) >= 11 is 3.05. The minimum Gasteiger partial charge on any atom is -0.480 e. The summed E-state index contributed by atoms with van der Waals surface area (Å²) in [6.45, 7) is 3.52. The molecule has 7 heteroatoms. The van der Waals surface area contributed by atoms with Gasteiger partial charge in [-0.3, -0.25) is 4.79 Å². The molecule has 0 radical (unpaired) electrons. The molecule has 0 aliphatic rings. The van der Waals surface area contributed by atoms with Crippen LogP contribution < -0.4 is 5.32 Å². The standard InChI is InChI=1S/C11H12BrNO5/c1-2-3-17-6-8(11(15)16)13-10(14)7-4-9(12)18-5-7/h2,4-5,8H,1,3,6H2,(H,13,14)(H,15,16). The van der Waals surface area contributed by atoms with Gasteiger partial charge in [-0.1, -0.05) is 6.08 Å². The second kappa shape index (κ2) is 6.97. The van der Waals surface area contributed by atoms with Crippen LogP contribution in [0.1, 0.15) is 10.4 Å². The lowest BCUT2D eigenvalue weighted by atomic mass is 10.2. The Balaban J connectivity index is 2.57. The van der Waals surface area contributed by atoms with E-state index in [0.717, 1.165) is 0 Å². The highest BCUT2D eigenvalue weighted by atomic mass is 79.9. The van der Waals surface area contributed by atoms with Crippen molar-refractivity contribution in [3.8, 4) is 0 Å². The lowest BCUT2D eigenvalue weighted by Gasteiger charge is -2.13. The SMILES string of the molecule is C=CCOCC(NC(=O)c1coc(Br)c1)C(=O)O. The maximum atomic E-state index is 11.7. The summed E-state index contributed by atoms with van der Waals surface area (Å²) in [4.78, 5) is 22.6.